The molecule has 7 heteroatoms. The summed E-state index contributed by atoms with van der Waals surface area (Å²) in [7, 11) is 0. The average molecular weight is 378 g/mol. The van der Waals surface area contributed by atoms with Crippen LogP contribution >= 0.6 is 0 Å². The maximum atomic E-state index is 12.4. The van der Waals surface area contributed by atoms with Crippen LogP contribution in [-0.2, 0) is 20.9 Å². The van der Waals surface area contributed by atoms with E-state index in [9.17, 15) is 14.7 Å². The van der Waals surface area contributed by atoms with Crippen molar-refractivity contribution in [1.82, 2.24) is 9.80 Å². The highest BCUT2D eigenvalue weighted by atomic mass is 16.6. The monoisotopic (exact) mass is 378 g/mol. The maximum Gasteiger partial charge on any atom is 0.410 e. The van der Waals surface area contributed by atoms with E-state index < -0.39 is 11.7 Å². The lowest BCUT2D eigenvalue weighted by atomic mass is 10.1. The Hall–Kier alpha value is -2.12. The molecule has 0 unspecified atom stereocenters. The van der Waals surface area contributed by atoms with Crippen molar-refractivity contribution in [2.45, 2.75) is 52.0 Å². The third kappa shape index (κ3) is 6.52. The average Bonchev–Trinajstić information content (AvgIpc) is 2.59. The zero-order valence-electron chi connectivity index (χ0n) is 16.6. The molecule has 1 N–H and O–H groups in total. The maximum absolute atomic E-state index is 12.4. The van der Waals surface area contributed by atoms with E-state index in [1.807, 2.05) is 62.9 Å². The summed E-state index contributed by atoms with van der Waals surface area (Å²) in [4.78, 5) is 28.1. The molecule has 27 heavy (non-hydrogen) atoms. The van der Waals surface area contributed by atoms with Gasteiger partial charge in [0, 0.05) is 19.1 Å². The van der Waals surface area contributed by atoms with Crippen LogP contribution in [0.5, 0.6) is 0 Å². The number of hydrogen-bond donors (Lipinski definition) is 1. The van der Waals surface area contributed by atoms with Gasteiger partial charge in [-0.2, -0.15) is 0 Å². The zero-order valence-corrected chi connectivity index (χ0v) is 16.6. The summed E-state index contributed by atoms with van der Waals surface area (Å²) < 4.78 is 10.8. The molecule has 0 radical (unpaired) electrons. The molecule has 0 bridgehead atoms. The topological polar surface area (TPSA) is 79.3 Å². The SMILES string of the molecule is C[C@@H]1CN(CC(=O)OCc2ccccc2)[C@@H](CO)CN1C(=O)OC(C)(C)C. The number of rotatable bonds is 5. The van der Waals surface area contributed by atoms with Gasteiger partial charge in [0.25, 0.3) is 0 Å². The first-order chi connectivity index (χ1) is 12.7. The predicted molar refractivity (Wildman–Crippen MR) is 101 cm³/mol. The number of hydrogen-bond acceptors (Lipinski definition) is 6. The van der Waals surface area contributed by atoms with Crippen LogP contribution in [0.4, 0.5) is 4.79 Å². The van der Waals surface area contributed by atoms with Crippen molar-refractivity contribution in [3.8, 4) is 0 Å². The summed E-state index contributed by atoms with van der Waals surface area (Å²) in [6.45, 7) is 8.26. The molecule has 0 saturated carbocycles. The predicted octanol–water partition coefficient (Wildman–Crippen LogP) is 2.03. The number of ether oxygens (including phenoxy) is 2. The van der Waals surface area contributed by atoms with Crippen molar-refractivity contribution in [1.29, 1.82) is 0 Å². The van der Waals surface area contributed by atoms with E-state index in [-0.39, 0.29) is 37.8 Å². The second-order valence-corrected chi connectivity index (χ2v) is 7.89. The Morgan fingerprint density at radius 1 is 1.19 bits per heavy atom. The molecule has 2 atom stereocenters. The fraction of sp³-hybridized carbons (Fsp3) is 0.600. The zero-order chi connectivity index (χ0) is 20.0. The van der Waals surface area contributed by atoms with Crippen LogP contribution in [0.1, 0.15) is 33.3 Å². The van der Waals surface area contributed by atoms with Crippen LogP contribution in [0, 0.1) is 0 Å². The molecular weight excluding hydrogens is 348 g/mol. The first kappa shape index (κ1) is 21.2. The highest BCUT2D eigenvalue weighted by Crippen LogP contribution is 2.19. The van der Waals surface area contributed by atoms with Crippen molar-refractivity contribution in [2.24, 2.45) is 0 Å². The normalized spacial score (nSPS) is 21.0. The molecule has 150 valence electrons. The number of nitrogens with zero attached hydrogens (tertiary/aromatic N) is 2. The number of carbonyl (C=O) groups is 2. The van der Waals surface area contributed by atoms with Crippen molar-refractivity contribution in [3.63, 3.8) is 0 Å². The van der Waals surface area contributed by atoms with Crippen LogP contribution in [0.3, 0.4) is 0 Å². The second-order valence-electron chi connectivity index (χ2n) is 7.89. The molecule has 1 fully saturated rings. The molecule has 2 rings (SSSR count). The van der Waals surface area contributed by atoms with Gasteiger partial charge in [-0.3, -0.25) is 9.69 Å². The molecule has 1 heterocycles. The fourth-order valence-corrected chi connectivity index (χ4v) is 3.00. The molecule has 0 aliphatic carbocycles. The third-order valence-electron chi connectivity index (χ3n) is 4.37. The van der Waals surface area contributed by atoms with Gasteiger partial charge in [0.1, 0.15) is 12.2 Å². The Bertz CT molecular complexity index is 629. The number of piperazine rings is 1. The van der Waals surface area contributed by atoms with Gasteiger partial charge in [-0.25, -0.2) is 4.79 Å². The van der Waals surface area contributed by atoms with Gasteiger partial charge in [-0.05, 0) is 33.3 Å². The van der Waals surface area contributed by atoms with Crippen LogP contribution < -0.4 is 0 Å². The minimum absolute atomic E-state index is 0.0740. The molecule has 1 aromatic carbocycles. The van der Waals surface area contributed by atoms with E-state index in [2.05, 4.69) is 0 Å². The first-order valence-corrected chi connectivity index (χ1v) is 9.23. The number of amides is 1. The minimum atomic E-state index is -0.579. The molecule has 1 saturated heterocycles. The largest absolute Gasteiger partial charge is 0.460 e. The summed E-state index contributed by atoms with van der Waals surface area (Å²) in [5.41, 5.74) is 0.344. The molecule has 1 amide bonds. The van der Waals surface area contributed by atoms with E-state index in [0.717, 1.165) is 5.56 Å². The quantitative estimate of drug-likeness (QED) is 0.790. The molecule has 1 aliphatic rings. The Morgan fingerprint density at radius 2 is 1.85 bits per heavy atom. The Kier molecular flexibility index (Phi) is 7.21. The van der Waals surface area contributed by atoms with Crippen molar-refractivity contribution in [2.75, 3.05) is 26.2 Å². The fourth-order valence-electron chi connectivity index (χ4n) is 3.00. The van der Waals surface area contributed by atoms with E-state index in [1.165, 1.54) is 0 Å². The summed E-state index contributed by atoms with van der Waals surface area (Å²) in [5, 5.41) is 9.73. The summed E-state index contributed by atoms with van der Waals surface area (Å²) in [5.74, 6) is -0.352. The van der Waals surface area contributed by atoms with Gasteiger partial charge in [0.05, 0.1) is 19.2 Å². The molecule has 0 aromatic heterocycles. The Morgan fingerprint density at radius 3 is 2.44 bits per heavy atom. The first-order valence-electron chi connectivity index (χ1n) is 9.23. The number of aliphatic hydroxyl groups is 1. The number of carbonyl (C=O) groups excluding carboxylic acids is 2. The van der Waals surface area contributed by atoms with Crippen LogP contribution in [-0.4, -0.2) is 70.9 Å². The highest BCUT2D eigenvalue weighted by molar-refractivity contribution is 5.72. The van der Waals surface area contributed by atoms with E-state index in [0.29, 0.717) is 13.1 Å². The minimum Gasteiger partial charge on any atom is -0.460 e. The lowest BCUT2D eigenvalue weighted by Crippen LogP contribution is -2.61. The smallest absolute Gasteiger partial charge is 0.410 e. The lowest BCUT2D eigenvalue weighted by molar-refractivity contribution is -0.148. The molecule has 1 aliphatic heterocycles. The van der Waals surface area contributed by atoms with Gasteiger partial charge in [0.15, 0.2) is 0 Å². The van der Waals surface area contributed by atoms with E-state index in [4.69, 9.17) is 9.47 Å². The summed E-state index contributed by atoms with van der Waals surface area (Å²) >= 11 is 0. The van der Waals surface area contributed by atoms with Crippen molar-refractivity contribution >= 4 is 12.1 Å². The second kappa shape index (κ2) is 9.19. The summed E-state index contributed by atoms with van der Waals surface area (Å²) in [6.07, 6.45) is -0.403. The van der Waals surface area contributed by atoms with E-state index in [1.54, 1.807) is 4.90 Å². The van der Waals surface area contributed by atoms with E-state index >= 15 is 0 Å². The van der Waals surface area contributed by atoms with Gasteiger partial charge in [-0.15, -0.1) is 0 Å². The summed E-state index contributed by atoms with van der Waals surface area (Å²) in [6, 6.07) is 9.01. The molecule has 1 aromatic rings. The number of esters is 1. The van der Waals surface area contributed by atoms with Gasteiger partial charge >= 0.3 is 12.1 Å². The highest BCUT2D eigenvalue weighted by Gasteiger charge is 2.36. The van der Waals surface area contributed by atoms with Gasteiger partial charge in [-0.1, -0.05) is 30.3 Å². The van der Waals surface area contributed by atoms with Crippen molar-refractivity contribution in [3.05, 3.63) is 35.9 Å². The van der Waals surface area contributed by atoms with Crippen LogP contribution in [0.15, 0.2) is 30.3 Å². The van der Waals surface area contributed by atoms with Crippen LogP contribution in [0.2, 0.25) is 0 Å². The van der Waals surface area contributed by atoms with Gasteiger partial charge < -0.3 is 19.5 Å². The van der Waals surface area contributed by atoms with Crippen LogP contribution in [0.25, 0.3) is 0 Å². The third-order valence-corrected chi connectivity index (χ3v) is 4.37. The Balaban J connectivity index is 1.90. The number of aliphatic hydroxyl groups excluding tert-OH is 1. The molecular formula is C20H30N2O5. The Labute approximate surface area is 160 Å². The molecule has 7 nitrogen and oxygen atoms in total. The lowest BCUT2D eigenvalue weighted by Gasteiger charge is -2.44. The van der Waals surface area contributed by atoms with Crippen molar-refractivity contribution < 1.29 is 24.2 Å². The van der Waals surface area contributed by atoms with Gasteiger partial charge in [0.2, 0.25) is 0 Å². The molecule has 0 spiro atoms. The standard InChI is InChI=1S/C20H30N2O5/c1-15-10-21(12-18(24)26-14-16-8-6-5-7-9-16)17(13-23)11-22(15)19(25)27-20(2,3)4/h5-9,15,17,23H,10-14H2,1-4H3/t15-,17-/m1/s1. The number of benzene rings is 1.